The standard InChI is InChI=1S/C8H7NOS2/c10-12-6-8(11-9-12)7-4-2-1-3-5-7/h1-6,9H. The van der Waals surface area contributed by atoms with Crippen LogP contribution in [-0.4, -0.2) is 4.21 Å². The van der Waals surface area contributed by atoms with E-state index in [1.165, 1.54) is 11.9 Å². The van der Waals surface area contributed by atoms with Gasteiger partial charge in [-0.3, -0.25) is 0 Å². The smallest absolute Gasteiger partial charge is 0.128 e. The lowest BCUT2D eigenvalue weighted by Crippen LogP contribution is -1.96. The second kappa shape index (κ2) is 3.43. The monoisotopic (exact) mass is 197 g/mol. The van der Waals surface area contributed by atoms with Gasteiger partial charge in [0, 0.05) is 10.3 Å². The zero-order chi connectivity index (χ0) is 8.39. The number of nitrogens with one attached hydrogen (secondary N) is 1. The highest BCUT2D eigenvalue weighted by Crippen LogP contribution is 2.29. The number of hydrogen-bond acceptors (Lipinski definition) is 2. The van der Waals surface area contributed by atoms with Crippen LogP contribution in [0.1, 0.15) is 5.56 Å². The first-order valence-corrected chi connectivity index (χ1v) is 5.49. The first kappa shape index (κ1) is 8.04. The van der Waals surface area contributed by atoms with Crippen LogP contribution >= 0.6 is 11.9 Å². The Hall–Kier alpha value is -0.580. The van der Waals surface area contributed by atoms with Crippen molar-refractivity contribution in [2.75, 3.05) is 0 Å². The van der Waals surface area contributed by atoms with Crippen molar-refractivity contribution in [3.05, 3.63) is 41.3 Å². The highest BCUT2D eigenvalue weighted by atomic mass is 32.2. The van der Waals surface area contributed by atoms with Crippen LogP contribution < -0.4 is 4.13 Å². The molecule has 0 aliphatic carbocycles. The van der Waals surface area contributed by atoms with E-state index in [4.69, 9.17) is 0 Å². The van der Waals surface area contributed by atoms with E-state index in [1.807, 2.05) is 30.3 Å². The summed E-state index contributed by atoms with van der Waals surface area (Å²) < 4.78 is 13.7. The minimum atomic E-state index is -1.00. The Labute approximate surface area is 77.8 Å². The molecule has 1 atom stereocenters. The number of rotatable bonds is 1. The third-order valence-electron chi connectivity index (χ3n) is 1.51. The first-order valence-electron chi connectivity index (χ1n) is 3.46. The maximum Gasteiger partial charge on any atom is 0.128 e. The van der Waals surface area contributed by atoms with Crippen LogP contribution in [0.4, 0.5) is 0 Å². The van der Waals surface area contributed by atoms with Gasteiger partial charge < -0.3 is 0 Å². The Morgan fingerprint density at radius 1 is 1.25 bits per heavy atom. The molecule has 1 aliphatic rings. The third-order valence-corrected chi connectivity index (χ3v) is 3.67. The van der Waals surface area contributed by atoms with Crippen LogP contribution in [0.2, 0.25) is 0 Å². The summed E-state index contributed by atoms with van der Waals surface area (Å²) in [4.78, 5) is 1.04. The average molecular weight is 197 g/mol. The Kier molecular flexibility index (Phi) is 2.30. The summed E-state index contributed by atoms with van der Waals surface area (Å²) in [7, 11) is -1.00. The molecular formula is C8H7NOS2. The summed E-state index contributed by atoms with van der Waals surface area (Å²) >= 11 is 1.41. The zero-order valence-corrected chi connectivity index (χ0v) is 7.82. The van der Waals surface area contributed by atoms with Crippen molar-refractivity contribution in [3.8, 4) is 0 Å². The lowest BCUT2D eigenvalue weighted by Gasteiger charge is -1.96. The van der Waals surface area contributed by atoms with E-state index in [0.717, 1.165) is 10.5 Å². The van der Waals surface area contributed by atoms with Crippen LogP contribution in [0.3, 0.4) is 0 Å². The first-order chi connectivity index (χ1) is 5.86. The highest BCUT2D eigenvalue weighted by molar-refractivity contribution is 8.17. The van der Waals surface area contributed by atoms with Crippen LogP contribution in [0.25, 0.3) is 4.91 Å². The van der Waals surface area contributed by atoms with E-state index in [9.17, 15) is 4.21 Å². The van der Waals surface area contributed by atoms with Gasteiger partial charge in [-0.1, -0.05) is 30.3 Å². The Balaban J connectivity index is 2.33. The predicted octanol–water partition coefficient (Wildman–Crippen LogP) is 1.90. The lowest BCUT2D eigenvalue weighted by molar-refractivity contribution is 0.688. The Bertz CT molecular complexity index is 334. The fraction of sp³-hybridized carbons (Fsp3) is 0. The molecule has 1 aromatic rings. The number of benzene rings is 1. The fourth-order valence-electron chi connectivity index (χ4n) is 0.961. The molecule has 62 valence electrons. The van der Waals surface area contributed by atoms with E-state index in [0.29, 0.717) is 0 Å². The van der Waals surface area contributed by atoms with Gasteiger partial charge in [0.25, 0.3) is 0 Å². The number of hydrogen-bond donors (Lipinski definition) is 1. The van der Waals surface area contributed by atoms with E-state index in [1.54, 1.807) is 5.41 Å². The van der Waals surface area contributed by atoms with Gasteiger partial charge in [-0.15, -0.1) is 0 Å². The van der Waals surface area contributed by atoms with E-state index in [2.05, 4.69) is 4.13 Å². The van der Waals surface area contributed by atoms with Crippen molar-refractivity contribution in [2.24, 2.45) is 0 Å². The van der Waals surface area contributed by atoms with E-state index < -0.39 is 11.0 Å². The van der Waals surface area contributed by atoms with Crippen LogP contribution in [0, 0.1) is 0 Å². The van der Waals surface area contributed by atoms with Gasteiger partial charge in [-0.25, -0.2) is 4.21 Å². The summed E-state index contributed by atoms with van der Waals surface area (Å²) in [6.07, 6.45) is 0. The highest BCUT2D eigenvalue weighted by Gasteiger charge is 2.11. The molecule has 1 N–H and O–H groups in total. The van der Waals surface area contributed by atoms with Crippen LogP contribution in [0.15, 0.2) is 35.7 Å². The molecule has 0 spiro atoms. The fourth-order valence-corrected chi connectivity index (χ4v) is 2.88. The molecule has 4 heteroatoms. The molecule has 0 amide bonds. The van der Waals surface area contributed by atoms with E-state index >= 15 is 0 Å². The molecule has 0 saturated heterocycles. The van der Waals surface area contributed by atoms with Crippen LogP contribution in [-0.2, 0) is 11.0 Å². The molecule has 0 aromatic heterocycles. The predicted molar refractivity (Wildman–Crippen MR) is 53.3 cm³/mol. The van der Waals surface area contributed by atoms with Gasteiger partial charge >= 0.3 is 0 Å². The van der Waals surface area contributed by atoms with Crippen molar-refractivity contribution >= 4 is 27.8 Å². The quantitative estimate of drug-likeness (QED) is 0.697. The van der Waals surface area contributed by atoms with Gasteiger partial charge in [0.05, 0.1) is 0 Å². The SMILES string of the molecule is O=S1C=C(c2ccccc2)SN1. The molecule has 2 rings (SSSR count). The van der Waals surface area contributed by atoms with Gasteiger partial charge in [0.15, 0.2) is 0 Å². The van der Waals surface area contributed by atoms with Gasteiger partial charge in [-0.05, 0) is 17.5 Å². The molecule has 0 saturated carbocycles. The van der Waals surface area contributed by atoms with Crippen LogP contribution in [0.5, 0.6) is 0 Å². The summed E-state index contributed by atoms with van der Waals surface area (Å²) in [6, 6.07) is 9.91. The van der Waals surface area contributed by atoms with E-state index in [-0.39, 0.29) is 0 Å². The minimum Gasteiger partial charge on any atom is -0.237 e. The maximum absolute atomic E-state index is 10.9. The van der Waals surface area contributed by atoms with Crippen molar-refractivity contribution in [3.63, 3.8) is 0 Å². The normalized spacial score (nSPS) is 22.3. The average Bonchev–Trinajstić information content (AvgIpc) is 2.54. The molecule has 1 unspecified atom stereocenters. The lowest BCUT2D eigenvalue weighted by atomic mass is 10.2. The molecule has 0 fully saturated rings. The topological polar surface area (TPSA) is 29.1 Å². The van der Waals surface area contributed by atoms with Crippen molar-refractivity contribution in [1.29, 1.82) is 0 Å². The molecule has 1 aliphatic heterocycles. The summed E-state index contributed by atoms with van der Waals surface area (Å²) in [5.74, 6) is 0. The second-order valence-corrected chi connectivity index (χ2v) is 4.47. The summed E-state index contributed by atoms with van der Waals surface area (Å²) in [6.45, 7) is 0. The molecule has 12 heavy (non-hydrogen) atoms. The molecule has 1 aromatic carbocycles. The maximum atomic E-state index is 10.9. The molecule has 1 heterocycles. The molecular weight excluding hydrogens is 190 g/mol. The summed E-state index contributed by atoms with van der Waals surface area (Å²) in [5.41, 5.74) is 1.11. The largest absolute Gasteiger partial charge is 0.237 e. The Morgan fingerprint density at radius 2 is 2.00 bits per heavy atom. The zero-order valence-electron chi connectivity index (χ0n) is 6.19. The Morgan fingerprint density at radius 3 is 2.58 bits per heavy atom. The molecule has 0 radical (unpaired) electrons. The van der Waals surface area contributed by atoms with Crippen molar-refractivity contribution < 1.29 is 4.21 Å². The molecule has 0 bridgehead atoms. The van der Waals surface area contributed by atoms with Gasteiger partial charge in [0.1, 0.15) is 11.0 Å². The third kappa shape index (κ3) is 1.60. The molecule has 2 nitrogen and oxygen atoms in total. The minimum absolute atomic E-state index is 1.00. The van der Waals surface area contributed by atoms with Gasteiger partial charge in [-0.2, -0.15) is 4.13 Å². The van der Waals surface area contributed by atoms with Crippen molar-refractivity contribution in [1.82, 2.24) is 4.13 Å². The second-order valence-electron chi connectivity index (χ2n) is 2.33. The summed E-state index contributed by atoms with van der Waals surface area (Å²) in [5, 5.41) is 1.72. The van der Waals surface area contributed by atoms with Crippen molar-refractivity contribution in [2.45, 2.75) is 0 Å². The van der Waals surface area contributed by atoms with Gasteiger partial charge in [0.2, 0.25) is 0 Å².